The van der Waals surface area contributed by atoms with Crippen molar-refractivity contribution in [3.63, 3.8) is 0 Å². The minimum absolute atomic E-state index is 0.480. The van der Waals surface area contributed by atoms with E-state index in [1.807, 2.05) is 0 Å². The molecule has 0 spiro atoms. The van der Waals surface area contributed by atoms with E-state index in [9.17, 15) is 0 Å². The van der Waals surface area contributed by atoms with Gasteiger partial charge in [-0.25, -0.2) is 0 Å². The van der Waals surface area contributed by atoms with Crippen LogP contribution in [0.15, 0.2) is 54.6 Å². The monoisotopic (exact) mass is 196 g/mol. The van der Waals surface area contributed by atoms with Crippen molar-refractivity contribution >= 4 is 6.08 Å². The Bertz CT molecular complexity index is 408. The second-order valence-corrected chi connectivity index (χ2v) is 3.87. The summed E-state index contributed by atoms with van der Waals surface area (Å²) in [4.78, 5) is 0. The highest BCUT2D eigenvalue weighted by Gasteiger charge is 2.04. The predicted octanol–water partition coefficient (Wildman–Crippen LogP) is 4.32. The molecule has 0 saturated carbocycles. The van der Waals surface area contributed by atoms with E-state index < -0.39 is 0 Å². The molecule has 1 aromatic carbocycles. The van der Waals surface area contributed by atoms with Gasteiger partial charge < -0.3 is 0 Å². The van der Waals surface area contributed by atoms with Crippen molar-refractivity contribution in [1.29, 1.82) is 0 Å². The van der Waals surface area contributed by atoms with E-state index in [2.05, 4.69) is 67.6 Å². The Balaban J connectivity index is 2.43. The number of benzene rings is 1. The molecular formula is C15H16. The Kier molecular flexibility index (Phi) is 3.18. The van der Waals surface area contributed by atoms with Crippen molar-refractivity contribution in [2.45, 2.75) is 19.3 Å². The van der Waals surface area contributed by atoms with Crippen LogP contribution in [0.3, 0.4) is 0 Å². The number of allylic oxidation sites excluding steroid dienone is 5. The molecule has 0 heterocycles. The summed E-state index contributed by atoms with van der Waals surface area (Å²) < 4.78 is 0. The average molecular weight is 196 g/mol. The molecule has 2 rings (SSSR count). The second kappa shape index (κ2) is 4.79. The van der Waals surface area contributed by atoms with Crippen molar-refractivity contribution in [2.24, 2.45) is 0 Å². The van der Waals surface area contributed by atoms with Crippen LogP contribution in [0.5, 0.6) is 0 Å². The first-order chi connectivity index (χ1) is 7.38. The Hall–Kier alpha value is -1.56. The van der Waals surface area contributed by atoms with Crippen LogP contribution in [0, 0.1) is 0 Å². The summed E-state index contributed by atoms with van der Waals surface area (Å²) in [6.45, 7) is 2.23. The maximum absolute atomic E-state index is 2.24. The molecule has 0 aromatic heterocycles. The van der Waals surface area contributed by atoms with Crippen LogP contribution in [0.25, 0.3) is 6.08 Å². The lowest BCUT2D eigenvalue weighted by atomic mass is 9.94. The third kappa shape index (κ3) is 2.47. The fourth-order valence-electron chi connectivity index (χ4n) is 1.84. The summed E-state index contributed by atoms with van der Waals surface area (Å²) in [6, 6.07) is 8.60. The van der Waals surface area contributed by atoms with Gasteiger partial charge in [0, 0.05) is 0 Å². The average Bonchev–Trinajstić information content (AvgIpc) is 2.28. The van der Waals surface area contributed by atoms with Gasteiger partial charge in [-0.3, -0.25) is 0 Å². The first kappa shape index (κ1) is 9.97. The van der Waals surface area contributed by atoms with Crippen molar-refractivity contribution in [1.82, 2.24) is 0 Å². The Morgan fingerprint density at radius 3 is 2.87 bits per heavy atom. The molecule has 0 nitrogen and oxygen atoms in total. The van der Waals surface area contributed by atoms with E-state index >= 15 is 0 Å². The molecule has 0 aliphatic heterocycles. The zero-order valence-corrected chi connectivity index (χ0v) is 9.06. The van der Waals surface area contributed by atoms with Gasteiger partial charge in [-0.15, -0.1) is 0 Å². The van der Waals surface area contributed by atoms with Crippen LogP contribution in [0.4, 0.5) is 0 Å². The van der Waals surface area contributed by atoms with Crippen LogP contribution in [0.1, 0.15) is 30.4 Å². The standard InChI is InChI=1S/C15H16/c1-13-9-5-3-2-4-6-10-14-11-7-8-12-15(13)14/h2-3,5-13H,4H2,1H3/b3-2-,9-5-,10-6-. The van der Waals surface area contributed by atoms with E-state index in [4.69, 9.17) is 0 Å². The molecule has 0 amide bonds. The first-order valence-electron chi connectivity index (χ1n) is 5.47. The number of hydrogen-bond acceptors (Lipinski definition) is 0. The van der Waals surface area contributed by atoms with Gasteiger partial charge in [0.15, 0.2) is 0 Å². The van der Waals surface area contributed by atoms with E-state index in [1.165, 1.54) is 11.1 Å². The van der Waals surface area contributed by atoms with Gasteiger partial charge in [0.05, 0.1) is 0 Å². The maximum Gasteiger partial charge on any atom is -0.000139 e. The van der Waals surface area contributed by atoms with Crippen LogP contribution in [-0.2, 0) is 0 Å². The lowest BCUT2D eigenvalue weighted by molar-refractivity contribution is 0.963. The Morgan fingerprint density at radius 2 is 1.93 bits per heavy atom. The molecule has 0 fully saturated rings. The molecule has 1 aromatic rings. The molecule has 15 heavy (non-hydrogen) atoms. The summed E-state index contributed by atoms with van der Waals surface area (Å²) in [5.74, 6) is 0.480. The smallest absolute Gasteiger partial charge is 0.000139 e. The quantitative estimate of drug-likeness (QED) is 0.579. The SMILES string of the molecule is CC1/C=C\C=C/C/C=C\c2ccccc21. The molecule has 1 aliphatic rings. The Morgan fingerprint density at radius 1 is 1.07 bits per heavy atom. The summed E-state index contributed by atoms with van der Waals surface area (Å²) in [5.41, 5.74) is 2.74. The van der Waals surface area contributed by atoms with Gasteiger partial charge in [0.25, 0.3) is 0 Å². The van der Waals surface area contributed by atoms with Crippen molar-refractivity contribution in [3.8, 4) is 0 Å². The number of rotatable bonds is 0. The maximum atomic E-state index is 2.24. The normalized spacial score (nSPS) is 26.3. The van der Waals surface area contributed by atoms with E-state index in [-0.39, 0.29) is 0 Å². The Labute approximate surface area is 91.6 Å². The van der Waals surface area contributed by atoms with Crippen molar-refractivity contribution < 1.29 is 0 Å². The molecule has 1 unspecified atom stereocenters. The highest BCUT2D eigenvalue weighted by Crippen LogP contribution is 2.22. The molecule has 76 valence electrons. The molecule has 0 bridgehead atoms. The summed E-state index contributed by atoms with van der Waals surface area (Å²) >= 11 is 0. The van der Waals surface area contributed by atoms with Crippen LogP contribution in [0.2, 0.25) is 0 Å². The highest BCUT2D eigenvalue weighted by molar-refractivity contribution is 5.55. The summed E-state index contributed by atoms with van der Waals surface area (Å²) in [5, 5.41) is 0. The molecule has 0 saturated heterocycles. The zero-order valence-electron chi connectivity index (χ0n) is 9.06. The van der Waals surface area contributed by atoms with E-state index in [0.29, 0.717) is 5.92 Å². The minimum atomic E-state index is 0.480. The number of hydrogen-bond donors (Lipinski definition) is 0. The van der Waals surface area contributed by atoms with Crippen molar-refractivity contribution in [2.75, 3.05) is 0 Å². The minimum Gasteiger partial charge on any atom is -0.0807 e. The highest BCUT2D eigenvalue weighted by atomic mass is 14.1. The predicted molar refractivity (Wildman–Crippen MR) is 66.8 cm³/mol. The molecule has 0 heteroatoms. The lowest BCUT2D eigenvalue weighted by Crippen LogP contribution is -1.92. The van der Waals surface area contributed by atoms with Crippen LogP contribution in [-0.4, -0.2) is 0 Å². The summed E-state index contributed by atoms with van der Waals surface area (Å²) in [7, 11) is 0. The molecule has 1 atom stereocenters. The second-order valence-electron chi connectivity index (χ2n) is 3.87. The van der Waals surface area contributed by atoms with Gasteiger partial charge in [0.2, 0.25) is 0 Å². The van der Waals surface area contributed by atoms with Gasteiger partial charge in [-0.05, 0) is 23.5 Å². The molecule has 0 radical (unpaired) electrons. The van der Waals surface area contributed by atoms with E-state index in [0.717, 1.165) is 6.42 Å². The molecular weight excluding hydrogens is 180 g/mol. The summed E-state index contributed by atoms with van der Waals surface area (Å²) in [6.07, 6.45) is 14.1. The fraction of sp³-hybridized carbons (Fsp3) is 0.200. The lowest BCUT2D eigenvalue weighted by Gasteiger charge is -2.10. The van der Waals surface area contributed by atoms with Gasteiger partial charge in [-0.2, -0.15) is 0 Å². The first-order valence-corrected chi connectivity index (χ1v) is 5.47. The molecule has 1 aliphatic carbocycles. The van der Waals surface area contributed by atoms with E-state index in [1.54, 1.807) is 0 Å². The van der Waals surface area contributed by atoms with Crippen LogP contribution >= 0.6 is 0 Å². The topological polar surface area (TPSA) is 0 Å². The third-order valence-electron chi connectivity index (χ3n) is 2.70. The van der Waals surface area contributed by atoms with Gasteiger partial charge in [-0.1, -0.05) is 67.6 Å². The molecule has 0 N–H and O–H groups in total. The number of fused-ring (bicyclic) bond motifs is 1. The van der Waals surface area contributed by atoms with Crippen LogP contribution < -0.4 is 0 Å². The largest absolute Gasteiger partial charge is 0.0807 e. The van der Waals surface area contributed by atoms with Gasteiger partial charge >= 0.3 is 0 Å². The van der Waals surface area contributed by atoms with Crippen molar-refractivity contribution in [3.05, 3.63) is 65.8 Å². The fourth-order valence-corrected chi connectivity index (χ4v) is 1.84. The third-order valence-corrected chi connectivity index (χ3v) is 2.70. The van der Waals surface area contributed by atoms with Gasteiger partial charge in [0.1, 0.15) is 0 Å². The zero-order chi connectivity index (χ0) is 10.5.